The second-order valence-corrected chi connectivity index (χ2v) is 4.03. The molecule has 1 fully saturated rings. The number of nitrogens with zero attached hydrogens (tertiary/aromatic N) is 1. The molecule has 0 saturated heterocycles. The van der Waals surface area contributed by atoms with E-state index in [1.807, 2.05) is 18.3 Å². The van der Waals surface area contributed by atoms with Gasteiger partial charge in [0.25, 0.3) is 0 Å². The molecule has 0 bridgehead atoms. The van der Waals surface area contributed by atoms with Gasteiger partial charge in [0, 0.05) is 11.6 Å². The van der Waals surface area contributed by atoms with Gasteiger partial charge in [0.2, 0.25) is 0 Å². The van der Waals surface area contributed by atoms with E-state index in [0.29, 0.717) is 0 Å². The Morgan fingerprint density at radius 2 is 2.13 bits per heavy atom. The third-order valence-electron chi connectivity index (χ3n) is 3.00. The van der Waals surface area contributed by atoms with E-state index in [1.54, 1.807) is 7.11 Å². The molecular weight excluding hydrogens is 186 g/mol. The summed E-state index contributed by atoms with van der Waals surface area (Å²) >= 11 is 0. The Morgan fingerprint density at radius 3 is 2.87 bits per heavy atom. The summed E-state index contributed by atoms with van der Waals surface area (Å²) < 4.78 is 5.32. The van der Waals surface area contributed by atoms with Crippen LogP contribution in [0.2, 0.25) is 0 Å². The molecule has 1 aliphatic carbocycles. The van der Waals surface area contributed by atoms with E-state index < -0.39 is 0 Å². The average molecular weight is 199 g/mol. The Labute approximate surface area is 88.9 Å². The highest BCUT2D eigenvalue weighted by Crippen LogP contribution is 2.43. The van der Waals surface area contributed by atoms with Crippen LogP contribution < -0.4 is 4.74 Å². The molecule has 1 aliphatic rings. The fourth-order valence-electron chi connectivity index (χ4n) is 2.09. The van der Waals surface area contributed by atoms with Crippen LogP contribution in [0.25, 0.3) is 10.9 Å². The van der Waals surface area contributed by atoms with Crippen molar-refractivity contribution in [1.29, 1.82) is 0 Å². The van der Waals surface area contributed by atoms with Gasteiger partial charge < -0.3 is 4.74 Å². The summed E-state index contributed by atoms with van der Waals surface area (Å²) in [7, 11) is 1.69. The SMILES string of the molecule is COc1cccc2c(C3CC3)ccnc12. The third-order valence-corrected chi connectivity index (χ3v) is 3.00. The summed E-state index contributed by atoms with van der Waals surface area (Å²) in [5, 5.41) is 1.25. The zero-order chi connectivity index (χ0) is 10.3. The number of para-hydroxylation sites is 1. The van der Waals surface area contributed by atoms with E-state index in [0.717, 1.165) is 17.2 Å². The van der Waals surface area contributed by atoms with Crippen LogP contribution in [0.3, 0.4) is 0 Å². The van der Waals surface area contributed by atoms with Gasteiger partial charge in [-0.25, -0.2) is 0 Å². The van der Waals surface area contributed by atoms with Crippen molar-refractivity contribution in [3.63, 3.8) is 0 Å². The second-order valence-electron chi connectivity index (χ2n) is 4.03. The highest BCUT2D eigenvalue weighted by Gasteiger charge is 2.25. The molecule has 0 amide bonds. The lowest BCUT2D eigenvalue weighted by atomic mass is 10.1. The molecule has 1 aromatic carbocycles. The standard InChI is InChI=1S/C13H13NO/c1-15-12-4-2-3-11-10(9-5-6-9)7-8-14-13(11)12/h2-4,7-9H,5-6H2,1H3. The molecule has 76 valence electrons. The fourth-order valence-corrected chi connectivity index (χ4v) is 2.09. The van der Waals surface area contributed by atoms with Crippen LogP contribution in [0.5, 0.6) is 5.75 Å². The van der Waals surface area contributed by atoms with Crippen molar-refractivity contribution in [1.82, 2.24) is 4.98 Å². The van der Waals surface area contributed by atoms with Gasteiger partial charge in [0.1, 0.15) is 11.3 Å². The van der Waals surface area contributed by atoms with Crippen molar-refractivity contribution in [2.24, 2.45) is 0 Å². The fraction of sp³-hybridized carbons (Fsp3) is 0.308. The molecule has 3 rings (SSSR count). The zero-order valence-electron chi connectivity index (χ0n) is 8.73. The van der Waals surface area contributed by atoms with Crippen molar-refractivity contribution < 1.29 is 4.74 Å². The first-order chi connectivity index (χ1) is 7.40. The molecule has 2 nitrogen and oxygen atoms in total. The maximum Gasteiger partial charge on any atom is 0.145 e. The average Bonchev–Trinajstić information content (AvgIpc) is 3.11. The first-order valence-corrected chi connectivity index (χ1v) is 5.32. The van der Waals surface area contributed by atoms with E-state index in [9.17, 15) is 0 Å². The van der Waals surface area contributed by atoms with Gasteiger partial charge >= 0.3 is 0 Å². The Morgan fingerprint density at radius 1 is 1.27 bits per heavy atom. The van der Waals surface area contributed by atoms with E-state index in [2.05, 4.69) is 17.1 Å². The van der Waals surface area contributed by atoms with Gasteiger partial charge in [-0.2, -0.15) is 0 Å². The molecule has 2 aromatic rings. The van der Waals surface area contributed by atoms with Crippen LogP contribution in [0.4, 0.5) is 0 Å². The van der Waals surface area contributed by atoms with Crippen LogP contribution >= 0.6 is 0 Å². The highest BCUT2D eigenvalue weighted by molar-refractivity contribution is 5.87. The van der Waals surface area contributed by atoms with Gasteiger partial charge in [-0.15, -0.1) is 0 Å². The number of methoxy groups -OCH3 is 1. The summed E-state index contributed by atoms with van der Waals surface area (Å²) in [6.07, 6.45) is 4.52. The van der Waals surface area contributed by atoms with Crippen molar-refractivity contribution in [2.45, 2.75) is 18.8 Å². The number of fused-ring (bicyclic) bond motifs is 1. The van der Waals surface area contributed by atoms with E-state index in [4.69, 9.17) is 4.74 Å². The number of hydrogen-bond acceptors (Lipinski definition) is 2. The number of rotatable bonds is 2. The van der Waals surface area contributed by atoms with Crippen LogP contribution in [-0.4, -0.2) is 12.1 Å². The Kier molecular flexibility index (Phi) is 1.88. The van der Waals surface area contributed by atoms with Gasteiger partial charge in [0.05, 0.1) is 7.11 Å². The number of hydrogen-bond donors (Lipinski definition) is 0. The lowest BCUT2D eigenvalue weighted by molar-refractivity contribution is 0.419. The molecule has 0 atom stereocenters. The first kappa shape index (κ1) is 8.72. The lowest BCUT2D eigenvalue weighted by Crippen LogP contribution is -1.90. The Hall–Kier alpha value is -1.57. The largest absolute Gasteiger partial charge is 0.494 e. The molecule has 2 heteroatoms. The predicted octanol–water partition coefficient (Wildman–Crippen LogP) is 3.12. The van der Waals surface area contributed by atoms with Crippen molar-refractivity contribution >= 4 is 10.9 Å². The van der Waals surface area contributed by atoms with Gasteiger partial charge in [0.15, 0.2) is 0 Å². The predicted molar refractivity (Wildman–Crippen MR) is 60.3 cm³/mol. The molecule has 0 radical (unpaired) electrons. The van der Waals surface area contributed by atoms with E-state index in [-0.39, 0.29) is 0 Å². The van der Waals surface area contributed by atoms with Gasteiger partial charge in [-0.1, -0.05) is 12.1 Å². The molecule has 0 aliphatic heterocycles. The van der Waals surface area contributed by atoms with E-state index in [1.165, 1.54) is 23.8 Å². The van der Waals surface area contributed by atoms with Crippen LogP contribution in [0, 0.1) is 0 Å². The topological polar surface area (TPSA) is 22.1 Å². The minimum Gasteiger partial charge on any atom is -0.494 e. The smallest absolute Gasteiger partial charge is 0.145 e. The normalized spacial score (nSPS) is 15.5. The zero-order valence-corrected chi connectivity index (χ0v) is 8.73. The van der Waals surface area contributed by atoms with Gasteiger partial charge in [-0.3, -0.25) is 4.98 Å². The summed E-state index contributed by atoms with van der Waals surface area (Å²) in [5.41, 5.74) is 2.42. The molecule has 0 unspecified atom stereocenters. The van der Waals surface area contributed by atoms with E-state index >= 15 is 0 Å². The molecule has 15 heavy (non-hydrogen) atoms. The first-order valence-electron chi connectivity index (χ1n) is 5.32. The number of benzene rings is 1. The summed E-state index contributed by atoms with van der Waals surface area (Å²) in [6.45, 7) is 0. The molecule has 0 N–H and O–H groups in total. The maximum absolute atomic E-state index is 5.32. The minimum atomic E-state index is 0.752. The number of aromatic nitrogens is 1. The lowest BCUT2D eigenvalue weighted by Gasteiger charge is -2.07. The Bertz CT molecular complexity index is 503. The van der Waals surface area contributed by atoms with Crippen LogP contribution in [-0.2, 0) is 0 Å². The van der Waals surface area contributed by atoms with Crippen molar-refractivity contribution in [2.75, 3.05) is 7.11 Å². The highest BCUT2D eigenvalue weighted by atomic mass is 16.5. The molecule has 0 spiro atoms. The quantitative estimate of drug-likeness (QED) is 0.741. The summed E-state index contributed by atoms with van der Waals surface area (Å²) in [6, 6.07) is 8.28. The van der Waals surface area contributed by atoms with Crippen molar-refractivity contribution in [3.05, 3.63) is 36.0 Å². The second kappa shape index (κ2) is 3.23. The van der Waals surface area contributed by atoms with Gasteiger partial charge in [-0.05, 0) is 36.5 Å². The number of ether oxygens (including phenoxy) is 1. The minimum absolute atomic E-state index is 0.752. The Balaban J connectivity index is 2.29. The van der Waals surface area contributed by atoms with Crippen molar-refractivity contribution in [3.8, 4) is 5.75 Å². The third kappa shape index (κ3) is 1.37. The molecule has 1 saturated carbocycles. The summed E-state index contributed by atoms with van der Waals surface area (Å²) in [5.74, 6) is 1.62. The summed E-state index contributed by atoms with van der Waals surface area (Å²) in [4.78, 5) is 4.40. The van der Waals surface area contributed by atoms with Crippen LogP contribution in [0.1, 0.15) is 24.3 Å². The molecular formula is C13H13NO. The maximum atomic E-state index is 5.32. The number of pyridine rings is 1. The monoisotopic (exact) mass is 199 g/mol. The van der Waals surface area contributed by atoms with Crippen LogP contribution in [0.15, 0.2) is 30.5 Å². The molecule has 1 heterocycles. The molecule has 1 aromatic heterocycles.